The second kappa shape index (κ2) is 9.23. The van der Waals surface area contributed by atoms with Gasteiger partial charge in [-0.25, -0.2) is 0 Å². The van der Waals surface area contributed by atoms with Crippen molar-refractivity contribution in [2.75, 3.05) is 16.8 Å². The smallest absolute Gasteiger partial charge is 0.385 e. The van der Waals surface area contributed by atoms with Crippen LogP contribution < -0.4 is 15.7 Å². The number of nitrogens with zero attached hydrogens (tertiary/aromatic N) is 5. The molecular formula is C23H23BF6N6O. The van der Waals surface area contributed by atoms with Crippen molar-refractivity contribution in [2.24, 2.45) is 7.05 Å². The van der Waals surface area contributed by atoms with Gasteiger partial charge in [0.25, 0.3) is 5.95 Å². The summed E-state index contributed by atoms with van der Waals surface area (Å²) >= 11 is 0. The zero-order valence-electron chi connectivity index (χ0n) is 20.0. The summed E-state index contributed by atoms with van der Waals surface area (Å²) < 4.78 is 86.8. The van der Waals surface area contributed by atoms with Gasteiger partial charge in [0.1, 0.15) is 7.85 Å². The maximum absolute atomic E-state index is 13.5. The van der Waals surface area contributed by atoms with E-state index < -0.39 is 29.5 Å². The molecular weight excluding hydrogens is 501 g/mol. The zero-order chi connectivity index (χ0) is 26.5. The second-order valence-corrected chi connectivity index (χ2v) is 9.30. The van der Waals surface area contributed by atoms with Gasteiger partial charge in [-0.05, 0) is 64.6 Å². The highest BCUT2D eigenvalue weighted by Gasteiger charge is 2.38. The monoisotopic (exact) mass is 524 g/mol. The Morgan fingerprint density at radius 3 is 2.41 bits per heavy atom. The van der Waals surface area contributed by atoms with Crippen molar-refractivity contribution in [3.63, 3.8) is 0 Å². The lowest BCUT2D eigenvalue weighted by Crippen LogP contribution is -2.31. The minimum Gasteiger partial charge on any atom is -0.385 e. The van der Waals surface area contributed by atoms with Crippen LogP contribution in [0.1, 0.15) is 52.3 Å². The minimum absolute atomic E-state index is 0.112. The summed E-state index contributed by atoms with van der Waals surface area (Å²) in [6, 6.07) is 3.20. The van der Waals surface area contributed by atoms with Gasteiger partial charge in [-0.1, -0.05) is 10.6 Å². The van der Waals surface area contributed by atoms with E-state index in [2.05, 4.69) is 20.7 Å². The van der Waals surface area contributed by atoms with E-state index in [4.69, 9.17) is 4.74 Å². The van der Waals surface area contributed by atoms with Crippen molar-refractivity contribution in [1.29, 1.82) is 0 Å². The summed E-state index contributed by atoms with van der Waals surface area (Å²) in [5.74, 6) is 0.112. The maximum atomic E-state index is 13.5. The van der Waals surface area contributed by atoms with Crippen molar-refractivity contribution < 1.29 is 31.1 Å². The molecule has 0 aliphatic carbocycles. The lowest BCUT2D eigenvalue weighted by atomic mass is 9.82. The molecule has 196 valence electrons. The van der Waals surface area contributed by atoms with Crippen molar-refractivity contribution in [1.82, 2.24) is 20.2 Å². The van der Waals surface area contributed by atoms with Crippen LogP contribution in [-0.4, -0.2) is 34.6 Å². The largest absolute Gasteiger partial charge is 0.416 e. The average molecular weight is 524 g/mol. The lowest BCUT2D eigenvalue weighted by Gasteiger charge is -2.32. The van der Waals surface area contributed by atoms with Gasteiger partial charge >= 0.3 is 12.4 Å². The molecule has 0 unspecified atom stereocenters. The van der Waals surface area contributed by atoms with Crippen LogP contribution in [-0.2, 0) is 43.9 Å². The Hall–Kier alpha value is -3.29. The van der Waals surface area contributed by atoms with Crippen LogP contribution in [0.4, 0.5) is 38.0 Å². The number of halogens is 6. The third-order valence-corrected chi connectivity index (χ3v) is 6.78. The average Bonchev–Trinajstić information content (AvgIpc) is 3.41. The fraction of sp³-hybridized carbons (Fsp3) is 0.435. The number of alkyl halides is 6. The standard InChI is InChI=1S/C23H23BF6N6O/c1-35-33-21(32-34-35)36(9-12-5-14(22(25,26)27)8-15(6-12)23(28,29)30)18-3-2-4-31-20-16(18)7-13-10-37-11-17(13)19(20)24/h5-8,18,31H,2-4,9-11,24H2,1H3/t18-/m0/s1. The van der Waals surface area contributed by atoms with Gasteiger partial charge in [0.2, 0.25) is 0 Å². The molecule has 7 nitrogen and oxygen atoms in total. The maximum Gasteiger partial charge on any atom is 0.416 e. The molecule has 0 amide bonds. The molecule has 3 aromatic rings. The van der Waals surface area contributed by atoms with Crippen LogP contribution in [0.25, 0.3) is 0 Å². The Kier molecular flexibility index (Phi) is 6.33. The Morgan fingerprint density at radius 1 is 1.08 bits per heavy atom. The fourth-order valence-electron chi connectivity index (χ4n) is 5.05. The first-order valence-corrected chi connectivity index (χ1v) is 11.7. The van der Waals surface area contributed by atoms with Gasteiger partial charge in [0, 0.05) is 18.8 Å². The highest BCUT2D eigenvalue weighted by molar-refractivity contribution is 6.37. The zero-order valence-corrected chi connectivity index (χ0v) is 20.0. The molecule has 0 fully saturated rings. The number of fused-ring (bicyclic) bond motifs is 2. The van der Waals surface area contributed by atoms with E-state index in [0.29, 0.717) is 32.6 Å². The molecule has 0 saturated carbocycles. The molecule has 14 heteroatoms. The Labute approximate surface area is 209 Å². The molecule has 0 radical (unpaired) electrons. The first kappa shape index (κ1) is 25.4. The van der Waals surface area contributed by atoms with E-state index in [1.807, 2.05) is 13.9 Å². The topological polar surface area (TPSA) is 68.1 Å². The molecule has 1 atom stereocenters. The quantitative estimate of drug-likeness (QED) is 0.417. The van der Waals surface area contributed by atoms with Crippen LogP contribution >= 0.6 is 0 Å². The summed E-state index contributed by atoms with van der Waals surface area (Å²) in [6.45, 7) is 1.30. The highest BCUT2D eigenvalue weighted by Crippen LogP contribution is 2.40. The van der Waals surface area contributed by atoms with E-state index in [0.717, 1.165) is 40.0 Å². The third kappa shape index (κ3) is 4.98. The summed E-state index contributed by atoms with van der Waals surface area (Å²) in [6.07, 6.45) is -8.60. The molecule has 5 rings (SSSR count). The van der Waals surface area contributed by atoms with Gasteiger partial charge in [0.05, 0.1) is 37.4 Å². The van der Waals surface area contributed by atoms with E-state index >= 15 is 0 Å². The normalized spacial score (nSPS) is 17.6. The summed E-state index contributed by atoms with van der Waals surface area (Å²) in [5.41, 5.74) is 1.99. The number of hydrogen-bond acceptors (Lipinski definition) is 6. The van der Waals surface area contributed by atoms with Crippen LogP contribution in [0.3, 0.4) is 0 Å². The van der Waals surface area contributed by atoms with Gasteiger partial charge in [0.15, 0.2) is 0 Å². The van der Waals surface area contributed by atoms with E-state index in [1.54, 1.807) is 4.90 Å². The number of aryl methyl sites for hydroxylation is 1. The Balaban J connectivity index is 1.64. The predicted octanol–water partition coefficient (Wildman–Crippen LogP) is 3.49. The number of anilines is 2. The number of ether oxygens (including phenoxy) is 1. The molecule has 3 heterocycles. The van der Waals surface area contributed by atoms with Gasteiger partial charge < -0.3 is 15.0 Å². The predicted molar refractivity (Wildman–Crippen MR) is 125 cm³/mol. The van der Waals surface area contributed by atoms with Gasteiger partial charge in [-0.3, -0.25) is 0 Å². The number of hydrogen-bond donors (Lipinski definition) is 1. The van der Waals surface area contributed by atoms with Crippen LogP contribution in [0.2, 0.25) is 0 Å². The van der Waals surface area contributed by atoms with E-state index in [1.165, 1.54) is 11.8 Å². The molecule has 2 aliphatic heterocycles. The van der Waals surface area contributed by atoms with Gasteiger partial charge in [-0.15, -0.1) is 5.10 Å². The molecule has 37 heavy (non-hydrogen) atoms. The molecule has 0 saturated heterocycles. The first-order chi connectivity index (χ1) is 17.4. The number of nitrogens with one attached hydrogen (secondary N) is 1. The SMILES string of the molecule is Bc1c2c(cc3c1NCCC[C@@H]3N(Cc1cc(C(F)(F)F)cc(C(F)(F)F)c1)c1nnn(C)n1)COC2. The Bertz CT molecular complexity index is 1290. The van der Waals surface area contributed by atoms with E-state index in [-0.39, 0.29) is 24.1 Å². The molecule has 2 aliphatic rings. The highest BCUT2D eigenvalue weighted by atomic mass is 19.4. The number of benzene rings is 2. The lowest BCUT2D eigenvalue weighted by molar-refractivity contribution is -0.143. The molecule has 1 N–H and O–H groups in total. The van der Waals surface area contributed by atoms with Gasteiger partial charge in [-0.2, -0.15) is 31.1 Å². The van der Waals surface area contributed by atoms with Crippen molar-refractivity contribution >= 4 is 24.9 Å². The van der Waals surface area contributed by atoms with Crippen molar-refractivity contribution in [3.8, 4) is 0 Å². The van der Waals surface area contributed by atoms with E-state index in [9.17, 15) is 26.3 Å². The fourth-order valence-corrected chi connectivity index (χ4v) is 5.05. The van der Waals surface area contributed by atoms with Crippen molar-refractivity contribution in [3.05, 3.63) is 57.6 Å². The molecule has 0 spiro atoms. The van der Waals surface area contributed by atoms with Crippen LogP contribution in [0.15, 0.2) is 24.3 Å². The summed E-state index contributed by atoms with van der Waals surface area (Å²) in [7, 11) is 3.52. The molecule has 0 bridgehead atoms. The number of rotatable bonds is 4. The first-order valence-electron chi connectivity index (χ1n) is 11.7. The number of aromatic nitrogens is 4. The molecule has 2 aromatic carbocycles. The van der Waals surface area contributed by atoms with Crippen molar-refractivity contribution in [2.45, 2.75) is 51.0 Å². The third-order valence-electron chi connectivity index (χ3n) is 6.78. The molecule has 1 aromatic heterocycles. The summed E-state index contributed by atoms with van der Waals surface area (Å²) in [5, 5.41) is 15.6. The Morgan fingerprint density at radius 2 is 1.78 bits per heavy atom. The second-order valence-electron chi connectivity index (χ2n) is 9.30. The summed E-state index contributed by atoms with van der Waals surface area (Å²) in [4.78, 5) is 2.84. The number of tetrazole rings is 1. The van der Waals surface area contributed by atoms with Crippen LogP contribution in [0, 0.1) is 0 Å². The minimum atomic E-state index is -4.94. The van der Waals surface area contributed by atoms with Crippen LogP contribution in [0.5, 0.6) is 0 Å².